The lowest BCUT2D eigenvalue weighted by atomic mass is 9.70. The summed E-state index contributed by atoms with van der Waals surface area (Å²) in [7, 11) is 0. The number of benzene rings is 2. The molecule has 3 aromatic rings. The van der Waals surface area contributed by atoms with Crippen molar-refractivity contribution in [1.29, 1.82) is 5.41 Å². The molecule has 238 valence electrons. The third-order valence-corrected chi connectivity index (χ3v) is 8.07. The average molecular weight is 631 g/mol. The number of amides is 1. The lowest BCUT2D eigenvalue weighted by molar-refractivity contribution is -0.297. The lowest BCUT2D eigenvalue weighted by Gasteiger charge is -2.44. The van der Waals surface area contributed by atoms with Crippen molar-refractivity contribution in [2.45, 2.75) is 51.4 Å². The summed E-state index contributed by atoms with van der Waals surface area (Å²) in [6.45, 7) is 3.55. The molecule has 1 aliphatic heterocycles. The Hall–Kier alpha value is -4.39. The molecule has 1 fully saturated rings. The van der Waals surface area contributed by atoms with Crippen LogP contribution in [0.2, 0.25) is 0 Å². The van der Waals surface area contributed by atoms with Crippen molar-refractivity contribution in [2.75, 3.05) is 23.4 Å². The molecule has 1 amide bonds. The minimum absolute atomic E-state index is 0.0520. The summed E-state index contributed by atoms with van der Waals surface area (Å²) in [6, 6.07) is 8.18. The fourth-order valence-electron chi connectivity index (χ4n) is 5.78. The zero-order valence-corrected chi connectivity index (χ0v) is 24.5. The maximum Gasteiger partial charge on any atom is 0.417 e. The molecule has 0 spiro atoms. The number of nitrogens with one attached hydrogen (secondary N) is 2. The minimum atomic E-state index is -4.73. The number of ether oxygens (including phenoxy) is 1. The number of alkyl halides is 3. The van der Waals surface area contributed by atoms with Gasteiger partial charge in [0.05, 0.1) is 17.9 Å². The fourth-order valence-corrected chi connectivity index (χ4v) is 5.78. The normalized spacial score (nSPS) is 19.5. The molecule has 2 aliphatic rings. The van der Waals surface area contributed by atoms with Gasteiger partial charge in [0.25, 0.3) is 5.91 Å². The van der Waals surface area contributed by atoms with Gasteiger partial charge in [-0.3, -0.25) is 9.59 Å². The van der Waals surface area contributed by atoms with E-state index in [-0.39, 0.29) is 48.3 Å². The third kappa shape index (κ3) is 6.26. The number of pyridine rings is 1. The number of fused-ring (bicyclic) bond motifs is 1. The van der Waals surface area contributed by atoms with Gasteiger partial charge in [0.1, 0.15) is 11.6 Å². The van der Waals surface area contributed by atoms with Gasteiger partial charge in [0.2, 0.25) is 0 Å². The zero-order valence-electron chi connectivity index (χ0n) is 24.5. The molecule has 45 heavy (non-hydrogen) atoms. The Morgan fingerprint density at radius 1 is 1.16 bits per heavy atom. The van der Waals surface area contributed by atoms with Gasteiger partial charge in [0.15, 0.2) is 30.1 Å². The first-order chi connectivity index (χ1) is 21.2. The van der Waals surface area contributed by atoms with E-state index in [0.717, 1.165) is 18.3 Å². The van der Waals surface area contributed by atoms with E-state index >= 15 is 0 Å². The standard InChI is InChI=1S/C32H31F5N4O4/c1-17(2)7-25-22(15-42)29(21(12-38)30(40-25)39-13-19-10-31(44,11-19)32(35,36)37)20-4-6-26-27(9-20)45-16-28(43)41(26)14-18-3-5-23(33)24(34)8-18/h3-6,8-9,12,15,17,19,38,44H,7,10-11,13-14,16H2,1-2H3,(H,39,40). The smallest absolute Gasteiger partial charge is 0.417 e. The van der Waals surface area contributed by atoms with Crippen molar-refractivity contribution in [3.63, 3.8) is 0 Å². The van der Waals surface area contributed by atoms with Crippen LogP contribution in [0.15, 0.2) is 36.4 Å². The maximum absolute atomic E-state index is 13.8. The Balaban J connectivity index is 1.52. The van der Waals surface area contributed by atoms with Crippen LogP contribution in [0.5, 0.6) is 5.75 Å². The van der Waals surface area contributed by atoms with Crippen molar-refractivity contribution >= 4 is 29.9 Å². The van der Waals surface area contributed by atoms with Gasteiger partial charge in [-0.2, -0.15) is 13.2 Å². The van der Waals surface area contributed by atoms with Crippen LogP contribution in [-0.2, 0) is 17.8 Å². The number of aliphatic hydroxyl groups is 1. The summed E-state index contributed by atoms with van der Waals surface area (Å²) in [6.07, 6.45) is -3.63. The van der Waals surface area contributed by atoms with E-state index in [2.05, 4.69) is 10.3 Å². The highest BCUT2D eigenvalue weighted by atomic mass is 19.4. The molecular formula is C32H31F5N4O4. The van der Waals surface area contributed by atoms with Crippen LogP contribution in [0.3, 0.4) is 0 Å². The van der Waals surface area contributed by atoms with E-state index in [1.807, 2.05) is 13.8 Å². The summed E-state index contributed by atoms with van der Waals surface area (Å²) in [5.41, 5.74) is -0.315. The number of aromatic nitrogens is 1. The second-order valence-electron chi connectivity index (χ2n) is 11.9. The first-order valence-electron chi connectivity index (χ1n) is 14.3. The average Bonchev–Trinajstić information content (AvgIpc) is 2.96. The Morgan fingerprint density at radius 3 is 2.51 bits per heavy atom. The Bertz CT molecular complexity index is 1650. The van der Waals surface area contributed by atoms with E-state index in [1.54, 1.807) is 18.2 Å². The minimum Gasteiger partial charge on any atom is -0.482 e. The van der Waals surface area contributed by atoms with Gasteiger partial charge in [-0.1, -0.05) is 26.0 Å². The van der Waals surface area contributed by atoms with E-state index in [0.29, 0.717) is 40.8 Å². The van der Waals surface area contributed by atoms with E-state index in [9.17, 15) is 36.6 Å². The summed E-state index contributed by atoms with van der Waals surface area (Å²) in [5, 5.41) is 21.1. The number of aldehydes is 1. The molecular weight excluding hydrogens is 599 g/mol. The number of hydrogen-bond donors (Lipinski definition) is 3. The van der Waals surface area contributed by atoms with Crippen LogP contribution in [0.25, 0.3) is 11.1 Å². The fraction of sp³-hybridized carbons (Fsp3) is 0.375. The third-order valence-electron chi connectivity index (χ3n) is 8.07. The molecule has 5 rings (SSSR count). The SMILES string of the molecule is CC(C)Cc1nc(NCC2CC(O)(C(F)(F)F)C2)c(C=N)c(-c2ccc3c(c2)OCC(=O)N3Cc2ccc(F)c(F)c2)c1C=O. The monoisotopic (exact) mass is 630 g/mol. The molecule has 0 bridgehead atoms. The van der Waals surface area contributed by atoms with Crippen LogP contribution >= 0.6 is 0 Å². The number of carbonyl (C=O) groups is 2. The largest absolute Gasteiger partial charge is 0.482 e. The van der Waals surface area contributed by atoms with Crippen LogP contribution < -0.4 is 15.0 Å². The predicted octanol–water partition coefficient (Wildman–Crippen LogP) is 6.08. The molecule has 13 heteroatoms. The first kappa shape index (κ1) is 32.0. The lowest BCUT2D eigenvalue weighted by Crippen LogP contribution is -2.56. The van der Waals surface area contributed by atoms with Crippen molar-refractivity contribution in [3.8, 4) is 16.9 Å². The molecule has 0 saturated heterocycles. The zero-order chi connectivity index (χ0) is 32.7. The topological polar surface area (TPSA) is 116 Å². The van der Waals surface area contributed by atoms with Crippen LogP contribution in [0.1, 0.15) is 53.9 Å². The van der Waals surface area contributed by atoms with E-state index < -0.39 is 48.1 Å². The Kier molecular flexibility index (Phi) is 8.67. The predicted molar refractivity (Wildman–Crippen MR) is 157 cm³/mol. The van der Waals surface area contributed by atoms with Gasteiger partial charge in [-0.15, -0.1) is 0 Å². The highest BCUT2D eigenvalue weighted by molar-refractivity contribution is 6.03. The number of hydrogen-bond acceptors (Lipinski definition) is 7. The first-order valence-corrected chi connectivity index (χ1v) is 14.3. The van der Waals surface area contributed by atoms with Gasteiger partial charge in [-0.05, 0) is 66.5 Å². The Labute approximate surface area is 255 Å². The number of halogens is 5. The van der Waals surface area contributed by atoms with E-state index in [1.165, 1.54) is 11.0 Å². The molecule has 1 saturated carbocycles. The van der Waals surface area contributed by atoms with Gasteiger partial charge < -0.3 is 25.5 Å². The summed E-state index contributed by atoms with van der Waals surface area (Å²) < 4.78 is 72.4. The highest BCUT2D eigenvalue weighted by Gasteiger charge is 2.60. The second-order valence-corrected chi connectivity index (χ2v) is 11.9. The molecule has 0 atom stereocenters. The molecule has 0 unspecified atom stereocenters. The quantitative estimate of drug-likeness (QED) is 0.142. The van der Waals surface area contributed by atoms with Crippen LogP contribution in [-0.4, -0.2) is 53.4 Å². The number of nitrogens with zero attached hydrogens (tertiary/aromatic N) is 2. The van der Waals surface area contributed by atoms with Crippen molar-refractivity contribution in [2.24, 2.45) is 11.8 Å². The van der Waals surface area contributed by atoms with Crippen molar-refractivity contribution in [3.05, 3.63) is 70.4 Å². The maximum atomic E-state index is 13.8. The van der Waals surface area contributed by atoms with Gasteiger partial charge in [-0.25, -0.2) is 13.8 Å². The van der Waals surface area contributed by atoms with Crippen LogP contribution in [0, 0.1) is 28.9 Å². The van der Waals surface area contributed by atoms with Crippen LogP contribution in [0.4, 0.5) is 33.5 Å². The molecule has 3 N–H and O–H groups in total. The number of carbonyl (C=O) groups excluding carboxylic acids is 2. The van der Waals surface area contributed by atoms with Gasteiger partial charge in [0, 0.05) is 29.4 Å². The molecule has 0 radical (unpaired) electrons. The van der Waals surface area contributed by atoms with Crippen molar-refractivity contribution < 1.29 is 41.4 Å². The molecule has 1 aliphatic carbocycles. The molecule has 2 heterocycles. The number of anilines is 2. The highest BCUT2D eigenvalue weighted by Crippen LogP contribution is 2.48. The van der Waals surface area contributed by atoms with E-state index in [4.69, 9.17) is 10.1 Å². The van der Waals surface area contributed by atoms with Crippen molar-refractivity contribution in [1.82, 2.24) is 4.98 Å². The molecule has 1 aromatic heterocycles. The molecule has 2 aromatic carbocycles. The Morgan fingerprint density at radius 2 is 1.89 bits per heavy atom. The molecule has 8 nitrogen and oxygen atoms in total. The summed E-state index contributed by atoms with van der Waals surface area (Å²) >= 11 is 0. The summed E-state index contributed by atoms with van der Waals surface area (Å²) in [4.78, 5) is 31.3. The second kappa shape index (κ2) is 12.2. The number of rotatable bonds is 10. The van der Waals surface area contributed by atoms with Gasteiger partial charge >= 0.3 is 6.18 Å². The summed E-state index contributed by atoms with van der Waals surface area (Å²) in [5.74, 6) is -2.39.